The van der Waals surface area contributed by atoms with Crippen LogP contribution in [-0.2, 0) is 20.6 Å². The van der Waals surface area contributed by atoms with Gasteiger partial charge in [-0.1, -0.05) is 53.7 Å². The van der Waals surface area contributed by atoms with Crippen LogP contribution in [0, 0.1) is 0 Å². The quantitative estimate of drug-likeness (QED) is 0.230. The number of rotatable bonds is 8. The van der Waals surface area contributed by atoms with Crippen LogP contribution in [0.1, 0.15) is 43.7 Å². The minimum Gasteiger partial charge on any atom is -0.497 e. The largest absolute Gasteiger partial charge is 0.497 e. The summed E-state index contributed by atoms with van der Waals surface area (Å²) in [4.78, 5) is 12.4. The van der Waals surface area contributed by atoms with Gasteiger partial charge in [-0.25, -0.2) is 9.48 Å². The fourth-order valence-electron chi connectivity index (χ4n) is 4.28. The lowest BCUT2D eigenvalue weighted by atomic mass is 9.78. The number of nitrogens with zero attached hydrogens (tertiary/aromatic N) is 3. The molecule has 1 saturated heterocycles. The van der Waals surface area contributed by atoms with Crippen LogP contribution in [0.5, 0.6) is 17.4 Å². The van der Waals surface area contributed by atoms with Crippen molar-refractivity contribution in [2.24, 2.45) is 0 Å². The van der Waals surface area contributed by atoms with Crippen LogP contribution in [0.25, 0.3) is 11.1 Å². The van der Waals surface area contributed by atoms with E-state index in [9.17, 15) is 4.79 Å². The van der Waals surface area contributed by atoms with E-state index < -0.39 is 13.1 Å². The lowest BCUT2D eigenvalue weighted by Gasteiger charge is -2.32. The van der Waals surface area contributed by atoms with E-state index in [2.05, 4.69) is 10.3 Å². The maximum absolute atomic E-state index is 12.4. The molecule has 2 heterocycles. The Hall–Kier alpha value is -4.15. The number of carbonyl (C=O) groups excluding carboxylic acids is 1. The number of aromatic nitrogens is 3. The van der Waals surface area contributed by atoms with Crippen molar-refractivity contribution in [1.29, 1.82) is 0 Å². The summed E-state index contributed by atoms with van der Waals surface area (Å²) in [5, 5.41) is 8.14. The number of benzene rings is 3. The number of ether oxygens (including phenoxy) is 3. The van der Waals surface area contributed by atoms with Crippen molar-refractivity contribution in [3.05, 3.63) is 84.1 Å². The van der Waals surface area contributed by atoms with Crippen molar-refractivity contribution in [2.45, 2.75) is 45.4 Å². The Kier molecular flexibility index (Phi) is 7.40. The first-order valence-electron chi connectivity index (χ1n) is 13.0. The Morgan fingerprint density at radius 2 is 1.38 bits per heavy atom. The van der Waals surface area contributed by atoms with Crippen molar-refractivity contribution in [3.63, 3.8) is 0 Å². The normalized spacial score (nSPS) is 15.6. The Balaban J connectivity index is 1.33. The van der Waals surface area contributed by atoms with Gasteiger partial charge in [-0.3, -0.25) is 0 Å². The molecule has 0 N–H and O–H groups in total. The van der Waals surface area contributed by atoms with Gasteiger partial charge < -0.3 is 23.5 Å². The molecule has 1 aromatic heterocycles. The molecule has 10 heteroatoms. The molecule has 1 fully saturated rings. The molecular weight excluding hydrogens is 509 g/mol. The van der Waals surface area contributed by atoms with Crippen molar-refractivity contribution in [2.75, 3.05) is 14.2 Å². The standard InChI is InChI=1S/C30H32BN3O6/c1-29(2)30(3,4)40-31(39-29)23-13-9-21(10-14-23)22-11-17-25(18-12-22)38-27-26(28(35)37-6)32-33-34(27)19-20-7-15-24(36-5)16-8-20/h7-18H,19H2,1-6H3. The Morgan fingerprint density at radius 1 is 0.825 bits per heavy atom. The van der Waals surface area contributed by atoms with Crippen molar-refractivity contribution in [1.82, 2.24) is 15.0 Å². The first kappa shape index (κ1) is 27.4. The molecule has 1 aliphatic heterocycles. The zero-order valence-electron chi connectivity index (χ0n) is 23.5. The van der Waals surface area contributed by atoms with Gasteiger partial charge in [0.15, 0.2) is 0 Å². The monoisotopic (exact) mass is 541 g/mol. The van der Waals surface area contributed by atoms with E-state index in [1.54, 1.807) is 7.11 Å². The van der Waals surface area contributed by atoms with Gasteiger partial charge in [0, 0.05) is 0 Å². The van der Waals surface area contributed by atoms with E-state index in [0.29, 0.717) is 12.3 Å². The lowest BCUT2D eigenvalue weighted by Crippen LogP contribution is -2.41. The molecule has 5 rings (SSSR count). The summed E-state index contributed by atoms with van der Waals surface area (Å²) in [6, 6.07) is 23.2. The summed E-state index contributed by atoms with van der Waals surface area (Å²) in [6.07, 6.45) is 0. The van der Waals surface area contributed by atoms with Gasteiger partial charge in [0.2, 0.25) is 5.69 Å². The summed E-state index contributed by atoms with van der Waals surface area (Å²) in [6.45, 7) is 8.52. The van der Waals surface area contributed by atoms with Crippen LogP contribution in [0.15, 0.2) is 72.8 Å². The molecule has 0 unspecified atom stereocenters. The van der Waals surface area contributed by atoms with E-state index in [0.717, 1.165) is 27.9 Å². The smallest absolute Gasteiger partial charge is 0.494 e. The Bertz CT molecular complexity index is 1470. The molecule has 1 aliphatic rings. The number of carbonyl (C=O) groups is 1. The molecule has 3 aromatic carbocycles. The molecule has 0 aliphatic carbocycles. The molecular formula is C30H32BN3O6. The van der Waals surface area contributed by atoms with Gasteiger partial charge >= 0.3 is 13.1 Å². The Labute approximate surface area is 234 Å². The second kappa shape index (κ2) is 10.8. The van der Waals surface area contributed by atoms with Crippen molar-refractivity contribution in [3.8, 4) is 28.5 Å². The van der Waals surface area contributed by atoms with Gasteiger partial charge in [0.05, 0.1) is 32.0 Å². The Morgan fingerprint density at radius 3 is 1.93 bits per heavy atom. The van der Waals surface area contributed by atoms with Gasteiger partial charge in [-0.15, -0.1) is 5.10 Å². The van der Waals surface area contributed by atoms with Crippen LogP contribution < -0.4 is 14.9 Å². The zero-order chi connectivity index (χ0) is 28.5. The zero-order valence-corrected chi connectivity index (χ0v) is 23.5. The summed E-state index contributed by atoms with van der Waals surface area (Å²) in [7, 11) is 2.50. The molecule has 4 aromatic rings. The fourth-order valence-corrected chi connectivity index (χ4v) is 4.28. The van der Waals surface area contributed by atoms with Gasteiger partial charge in [0.1, 0.15) is 11.5 Å². The SMILES string of the molecule is COC(=O)c1nnn(Cc2ccc(OC)cc2)c1Oc1ccc(-c2ccc(B3OC(C)(C)C(C)(C)O3)cc2)cc1. The highest BCUT2D eigenvalue weighted by atomic mass is 16.7. The average Bonchev–Trinajstić information content (AvgIpc) is 3.44. The van der Waals surface area contributed by atoms with E-state index in [1.807, 2.05) is 100 Å². The highest BCUT2D eigenvalue weighted by molar-refractivity contribution is 6.62. The predicted octanol–water partition coefficient (Wildman–Crippen LogP) is 4.88. The van der Waals surface area contributed by atoms with Crippen molar-refractivity contribution >= 4 is 18.6 Å². The first-order valence-corrected chi connectivity index (χ1v) is 13.0. The minimum atomic E-state index is -0.630. The van der Waals surface area contributed by atoms with E-state index in [4.69, 9.17) is 23.5 Å². The molecule has 0 saturated carbocycles. The predicted molar refractivity (Wildman–Crippen MR) is 151 cm³/mol. The third kappa shape index (κ3) is 5.45. The molecule has 0 radical (unpaired) electrons. The number of hydrogen-bond donors (Lipinski definition) is 0. The molecule has 0 spiro atoms. The second-order valence-electron chi connectivity index (χ2n) is 10.6. The molecule has 0 atom stereocenters. The van der Waals surface area contributed by atoms with Gasteiger partial charge in [0.25, 0.3) is 5.88 Å². The second-order valence-corrected chi connectivity index (χ2v) is 10.6. The molecule has 0 bridgehead atoms. The average molecular weight is 541 g/mol. The summed E-state index contributed by atoms with van der Waals surface area (Å²) < 4.78 is 30.1. The molecule has 40 heavy (non-hydrogen) atoms. The van der Waals surface area contributed by atoms with E-state index in [-0.39, 0.29) is 22.8 Å². The van der Waals surface area contributed by atoms with Crippen LogP contribution >= 0.6 is 0 Å². The molecule has 206 valence electrons. The maximum Gasteiger partial charge on any atom is 0.494 e. The first-order chi connectivity index (χ1) is 19.1. The topological polar surface area (TPSA) is 93.9 Å². The van der Waals surface area contributed by atoms with Crippen molar-refractivity contribution < 1.29 is 28.3 Å². The number of esters is 1. The summed E-state index contributed by atoms with van der Waals surface area (Å²) >= 11 is 0. The van der Waals surface area contributed by atoms with Gasteiger partial charge in [-0.05, 0) is 74.1 Å². The highest BCUT2D eigenvalue weighted by Crippen LogP contribution is 2.36. The maximum atomic E-state index is 12.4. The third-order valence-electron chi connectivity index (χ3n) is 7.40. The molecule has 9 nitrogen and oxygen atoms in total. The number of hydrogen-bond acceptors (Lipinski definition) is 8. The summed E-state index contributed by atoms with van der Waals surface area (Å²) in [5.74, 6) is 0.842. The van der Waals surface area contributed by atoms with Crippen LogP contribution in [0.3, 0.4) is 0 Å². The third-order valence-corrected chi connectivity index (χ3v) is 7.40. The lowest BCUT2D eigenvalue weighted by molar-refractivity contribution is 0.00578. The summed E-state index contributed by atoms with van der Waals surface area (Å²) in [5.41, 5.74) is 3.16. The fraction of sp³-hybridized carbons (Fsp3) is 0.300. The van der Waals surface area contributed by atoms with Gasteiger partial charge in [-0.2, -0.15) is 0 Å². The van der Waals surface area contributed by atoms with Crippen LogP contribution in [-0.4, -0.2) is 53.5 Å². The van der Waals surface area contributed by atoms with Crippen LogP contribution in [0.2, 0.25) is 0 Å². The van der Waals surface area contributed by atoms with Crippen LogP contribution in [0.4, 0.5) is 0 Å². The minimum absolute atomic E-state index is 0.00150. The van der Waals surface area contributed by atoms with E-state index >= 15 is 0 Å². The highest BCUT2D eigenvalue weighted by Gasteiger charge is 2.51. The van der Waals surface area contributed by atoms with E-state index in [1.165, 1.54) is 11.8 Å². The molecule has 0 amide bonds. The number of methoxy groups -OCH3 is 2.